The summed E-state index contributed by atoms with van der Waals surface area (Å²) in [6.07, 6.45) is 10.1. The molecule has 0 aliphatic carbocycles. The van der Waals surface area contributed by atoms with E-state index in [-0.39, 0.29) is 23.5 Å². The summed E-state index contributed by atoms with van der Waals surface area (Å²) >= 11 is 0. The maximum absolute atomic E-state index is 14.2. The van der Waals surface area contributed by atoms with E-state index in [1.54, 1.807) is 16.7 Å². The summed E-state index contributed by atoms with van der Waals surface area (Å²) in [5.41, 5.74) is 3.55. The molecule has 0 bridgehead atoms. The van der Waals surface area contributed by atoms with Gasteiger partial charge >= 0.3 is 5.97 Å². The zero-order valence-corrected chi connectivity index (χ0v) is 26.3. The molecule has 0 saturated carbocycles. The molecule has 234 valence electrons. The Morgan fingerprint density at radius 1 is 0.717 bits per heavy atom. The fourth-order valence-electron chi connectivity index (χ4n) is 5.16. The maximum atomic E-state index is 14.2. The van der Waals surface area contributed by atoms with Gasteiger partial charge < -0.3 is 9.30 Å². The first-order valence-electron chi connectivity index (χ1n) is 15.8. The molecule has 0 spiro atoms. The minimum atomic E-state index is -0.652. The van der Waals surface area contributed by atoms with E-state index < -0.39 is 17.8 Å². The van der Waals surface area contributed by atoms with Gasteiger partial charge in [0.1, 0.15) is 16.9 Å². The number of imide groups is 1. The number of anilines is 1. The fraction of sp³-hybridized carbons (Fsp3) is 0.237. The SMILES string of the molecule is CCCCCOC(=O)c1c(N(C(=O)/C=C/c2ccccc2)C(=O)/C=C/c2ccccc2)n(CCCC)c2nc3ccccc3nc12. The summed E-state index contributed by atoms with van der Waals surface area (Å²) in [4.78, 5) is 53.1. The molecule has 0 N–H and O–H groups in total. The van der Waals surface area contributed by atoms with Crippen LogP contribution in [0, 0.1) is 0 Å². The van der Waals surface area contributed by atoms with Crippen molar-refractivity contribution in [2.24, 2.45) is 0 Å². The third kappa shape index (κ3) is 7.46. The van der Waals surface area contributed by atoms with Crippen LogP contribution >= 0.6 is 0 Å². The van der Waals surface area contributed by atoms with Crippen LogP contribution in [0.15, 0.2) is 97.1 Å². The monoisotopic (exact) mass is 614 g/mol. The standard InChI is InChI=1S/C38H38N4O4/c1-3-5-15-27-46-38(45)34-35-36(40-31-21-14-13-20-30(31)39-35)41(26-6-4-2)37(34)42(32(43)24-22-28-16-9-7-10-17-28)33(44)25-23-29-18-11-8-12-19-29/h7-14,16-25H,3-6,15,26-27H2,1-2H3/b24-22+,25-23+. The van der Waals surface area contributed by atoms with Crippen LogP contribution in [0.4, 0.5) is 5.82 Å². The average molecular weight is 615 g/mol. The number of fused-ring (bicyclic) bond motifs is 2. The third-order valence-corrected chi connectivity index (χ3v) is 7.53. The van der Waals surface area contributed by atoms with Crippen molar-refractivity contribution in [2.75, 3.05) is 11.5 Å². The van der Waals surface area contributed by atoms with E-state index in [0.717, 1.165) is 35.3 Å². The summed E-state index contributed by atoms with van der Waals surface area (Å²) in [6.45, 7) is 4.73. The normalized spacial score (nSPS) is 11.5. The number of ether oxygens (including phenoxy) is 1. The molecule has 0 fully saturated rings. The molecule has 5 rings (SSSR count). The molecule has 5 aromatic rings. The Hall–Kier alpha value is -5.37. The van der Waals surface area contributed by atoms with Crippen molar-refractivity contribution in [1.82, 2.24) is 14.5 Å². The van der Waals surface area contributed by atoms with Crippen molar-refractivity contribution < 1.29 is 19.1 Å². The van der Waals surface area contributed by atoms with Gasteiger partial charge in [-0.1, -0.05) is 106 Å². The number of unbranched alkanes of at least 4 members (excludes halogenated alkanes) is 3. The van der Waals surface area contributed by atoms with Gasteiger partial charge in [0, 0.05) is 18.7 Å². The van der Waals surface area contributed by atoms with Crippen LogP contribution in [-0.4, -0.2) is 38.9 Å². The van der Waals surface area contributed by atoms with E-state index in [1.165, 1.54) is 12.2 Å². The summed E-state index contributed by atoms with van der Waals surface area (Å²) in [6, 6.07) is 26.1. The second-order valence-electron chi connectivity index (χ2n) is 10.9. The molecule has 3 aromatic carbocycles. The number of rotatable bonds is 13. The van der Waals surface area contributed by atoms with Crippen LogP contribution in [0.2, 0.25) is 0 Å². The van der Waals surface area contributed by atoms with Crippen molar-refractivity contribution in [3.8, 4) is 0 Å². The lowest BCUT2D eigenvalue weighted by Crippen LogP contribution is -2.37. The molecule has 8 heteroatoms. The van der Waals surface area contributed by atoms with Gasteiger partial charge in [0.05, 0.1) is 17.6 Å². The highest BCUT2D eigenvalue weighted by molar-refractivity contribution is 6.26. The van der Waals surface area contributed by atoms with Crippen molar-refractivity contribution in [3.63, 3.8) is 0 Å². The van der Waals surface area contributed by atoms with E-state index >= 15 is 0 Å². The zero-order chi connectivity index (χ0) is 32.3. The second-order valence-corrected chi connectivity index (χ2v) is 10.9. The van der Waals surface area contributed by atoms with Crippen LogP contribution in [0.5, 0.6) is 0 Å². The molecule has 46 heavy (non-hydrogen) atoms. The largest absolute Gasteiger partial charge is 0.462 e. The van der Waals surface area contributed by atoms with E-state index in [1.807, 2.05) is 84.9 Å². The Morgan fingerprint density at radius 2 is 1.26 bits per heavy atom. The van der Waals surface area contributed by atoms with Crippen molar-refractivity contribution in [3.05, 3.63) is 114 Å². The van der Waals surface area contributed by atoms with Crippen LogP contribution in [0.25, 0.3) is 34.3 Å². The van der Waals surface area contributed by atoms with Crippen LogP contribution in [0.1, 0.15) is 67.4 Å². The Kier molecular flexibility index (Phi) is 10.8. The van der Waals surface area contributed by atoms with Gasteiger partial charge in [-0.15, -0.1) is 0 Å². The predicted molar refractivity (Wildman–Crippen MR) is 183 cm³/mol. The lowest BCUT2D eigenvalue weighted by molar-refractivity contribution is -0.121. The first-order valence-corrected chi connectivity index (χ1v) is 15.8. The molecule has 2 heterocycles. The van der Waals surface area contributed by atoms with Gasteiger partial charge in [0.2, 0.25) is 0 Å². The Bertz CT molecular complexity index is 1820. The Balaban J connectivity index is 1.73. The summed E-state index contributed by atoms with van der Waals surface area (Å²) in [5.74, 6) is -1.78. The first-order chi connectivity index (χ1) is 22.5. The predicted octanol–water partition coefficient (Wildman–Crippen LogP) is 8.02. The molecule has 0 aliphatic heterocycles. The number of nitrogens with zero attached hydrogens (tertiary/aromatic N) is 4. The lowest BCUT2D eigenvalue weighted by atomic mass is 10.2. The molecule has 0 unspecified atom stereocenters. The fourth-order valence-corrected chi connectivity index (χ4v) is 5.16. The average Bonchev–Trinajstić information content (AvgIpc) is 3.39. The molecule has 0 aliphatic rings. The van der Waals surface area contributed by atoms with E-state index in [9.17, 15) is 14.4 Å². The highest BCUT2D eigenvalue weighted by Crippen LogP contribution is 2.34. The number of carbonyl (C=O) groups is 3. The molecule has 2 amide bonds. The van der Waals surface area contributed by atoms with E-state index in [2.05, 4.69) is 13.8 Å². The number of benzene rings is 3. The number of esters is 1. The summed E-state index contributed by atoms with van der Waals surface area (Å²) in [5, 5.41) is 0. The number of hydrogen-bond donors (Lipinski definition) is 0. The topological polar surface area (TPSA) is 94.4 Å². The first kappa shape index (κ1) is 32.0. The third-order valence-electron chi connectivity index (χ3n) is 7.53. The van der Waals surface area contributed by atoms with Gasteiger partial charge in [0.15, 0.2) is 5.65 Å². The Labute approximate surface area is 269 Å². The number of para-hydroxylation sites is 2. The number of carbonyl (C=O) groups excluding carboxylic acids is 3. The van der Waals surface area contributed by atoms with E-state index in [4.69, 9.17) is 14.7 Å². The number of amides is 2. The van der Waals surface area contributed by atoms with E-state index in [0.29, 0.717) is 36.1 Å². The van der Waals surface area contributed by atoms with Gasteiger partial charge in [-0.05, 0) is 48.3 Å². The van der Waals surface area contributed by atoms with Crippen molar-refractivity contribution >= 4 is 58.0 Å². The van der Waals surface area contributed by atoms with Gasteiger partial charge in [-0.3, -0.25) is 9.59 Å². The Morgan fingerprint density at radius 3 is 1.83 bits per heavy atom. The minimum absolute atomic E-state index is 0.0452. The quantitative estimate of drug-likeness (QED) is 0.0757. The second kappa shape index (κ2) is 15.6. The van der Waals surface area contributed by atoms with Crippen LogP contribution in [0.3, 0.4) is 0 Å². The highest BCUT2D eigenvalue weighted by atomic mass is 16.5. The number of aromatic nitrogens is 3. The molecular weight excluding hydrogens is 576 g/mol. The lowest BCUT2D eigenvalue weighted by Gasteiger charge is -2.22. The van der Waals surface area contributed by atoms with Crippen LogP contribution < -0.4 is 4.90 Å². The molecule has 0 radical (unpaired) electrons. The van der Waals surface area contributed by atoms with Gasteiger partial charge in [0.25, 0.3) is 11.8 Å². The molecule has 0 atom stereocenters. The van der Waals surface area contributed by atoms with Gasteiger partial charge in [-0.2, -0.15) is 0 Å². The molecule has 0 saturated heterocycles. The maximum Gasteiger partial charge on any atom is 0.344 e. The molecule has 2 aromatic heterocycles. The number of aryl methyl sites for hydroxylation is 1. The zero-order valence-electron chi connectivity index (χ0n) is 26.3. The smallest absolute Gasteiger partial charge is 0.344 e. The van der Waals surface area contributed by atoms with Crippen molar-refractivity contribution in [2.45, 2.75) is 52.5 Å². The van der Waals surface area contributed by atoms with Gasteiger partial charge in [-0.25, -0.2) is 19.7 Å². The molecular formula is C38H38N4O4. The summed E-state index contributed by atoms with van der Waals surface area (Å²) in [7, 11) is 0. The highest BCUT2D eigenvalue weighted by Gasteiger charge is 2.34. The van der Waals surface area contributed by atoms with Crippen molar-refractivity contribution in [1.29, 1.82) is 0 Å². The minimum Gasteiger partial charge on any atom is -0.462 e. The number of hydrogen-bond acceptors (Lipinski definition) is 6. The summed E-state index contributed by atoms with van der Waals surface area (Å²) < 4.78 is 7.54. The van der Waals surface area contributed by atoms with Crippen LogP contribution in [-0.2, 0) is 20.9 Å². The molecule has 8 nitrogen and oxygen atoms in total.